The van der Waals surface area contributed by atoms with Gasteiger partial charge in [0, 0.05) is 22.9 Å². The third-order valence-electron chi connectivity index (χ3n) is 4.86. The van der Waals surface area contributed by atoms with Crippen molar-refractivity contribution in [3.05, 3.63) is 107 Å². The highest BCUT2D eigenvalue weighted by atomic mass is 16.3. The second kappa shape index (κ2) is 8.05. The molecule has 30 heavy (non-hydrogen) atoms. The molecule has 6 heteroatoms. The minimum atomic E-state index is -0.441. The van der Waals surface area contributed by atoms with Gasteiger partial charge in [0.2, 0.25) is 5.78 Å². The molecule has 0 unspecified atom stereocenters. The zero-order valence-corrected chi connectivity index (χ0v) is 16.2. The van der Waals surface area contributed by atoms with Crippen LogP contribution in [0.3, 0.4) is 0 Å². The number of hydrogen-bond donors (Lipinski definition) is 2. The second-order valence-electron chi connectivity index (χ2n) is 6.79. The Labute approximate surface area is 173 Å². The number of phenols is 1. The second-order valence-corrected chi connectivity index (χ2v) is 6.79. The number of nitrogens with zero attached hydrogens (tertiary/aromatic N) is 2. The Morgan fingerprint density at radius 3 is 2.47 bits per heavy atom. The summed E-state index contributed by atoms with van der Waals surface area (Å²) in [5, 5.41) is 13.6. The van der Waals surface area contributed by atoms with Gasteiger partial charge in [0.1, 0.15) is 5.75 Å². The highest BCUT2D eigenvalue weighted by Crippen LogP contribution is 2.24. The fraction of sp³-hybridized carbons (Fsp3) is 0.0417. The van der Waals surface area contributed by atoms with Crippen molar-refractivity contribution in [3.63, 3.8) is 0 Å². The molecule has 0 atom stereocenters. The van der Waals surface area contributed by atoms with Crippen LogP contribution in [0.1, 0.15) is 37.5 Å². The van der Waals surface area contributed by atoms with E-state index in [0.717, 1.165) is 16.6 Å². The summed E-state index contributed by atoms with van der Waals surface area (Å²) in [4.78, 5) is 25.4. The third kappa shape index (κ3) is 3.58. The number of ketones is 1. The van der Waals surface area contributed by atoms with Gasteiger partial charge in [0.05, 0.1) is 17.4 Å². The molecule has 0 bridgehead atoms. The number of fused-ring (bicyclic) bond motifs is 1. The molecule has 2 N–H and O–H groups in total. The van der Waals surface area contributed by atoms with Crippen molar-refractivity contribution in [2.75, 3.05) is 0 Å². The first-order valence-electron chi connectivity index (χ1n) is 9.38. The van der Waals surface area contributed by atoms with Crippen LogP contribution in [0.4, 0.5) is 0 Å². The molecule has 0 radical (unpaired) electrons. The average molecular weight is 397 g/mol. The van der Waals surface area contributed by atoms with Gasteiger partial charge in [-0.25, -0.2) is 5.43 Å². The Morgan fingerprint density at radius 2 is 1.70 bits per heavy atom. The van der Waals surface area contributed by atoms with Crippen LogP contribution in [0.2, 0.25) is 0 Å². The van der Waals surface area contributed by atoms with E-state index in [-0.39, 0.29) is 11.5 Å². The molecule has 0 saturated heterocycles. The van der Waals surface area contributed by atoms with Gasteiger partial charge in [-0.2, -0.15) is 5.10 Å². The van der Waals surface area contributed by atoms with Crippen LogP contribution in [0.25, 0.3) is 5.52 Å². The van der Waals surface area contributed by atoms with Crippen LogP contribution in [-0.4, -0.2) is 27.4 Å². The number of hydrazone groups is 1. The van der Waals surface area contributed by atoms with Gasteiger partial charge >= 0.3 is 0 Å². The quantitative estimate of drug-likeness (QED) is 0.304. The first kappa shape index (κ1) is 19.1. The maximum Gasteiger partial charge on any atom is 0.271 e. The summed E-state index contributed by atoms with van der Waals surface area (Å²) in [5.74, 6) is -0.522. The molecule has 0 aliphatic carbocycles. The van der Waals surface area contributed by atoms with E-state index in [1.807, 2.05) is 53.9 Å². The zero-order valence-electron chi connectivity index (χ0n) is 16.2. The van der Waals surface area contributed by atoms with E-state index in [4.69, 9.17) is 0 Å². The standard InChI is InChI=1S/C24H19N3O3/c1-16-20(15-25-26-24(30)18-10-7-11-19(28)14-18)21-12-5-6-13-27(21)22(16)23(29)17-8-3-2-4-9-17/h2-15,28H,1H3,(H,26,30)/b25-15-. The first-order chi connectivity index (χ1) is 14.6. The number of amides is 1. The highest BCUT2D eigenvalue weighted by Gasteiger charge is 2.20. The minimum Gasteiger partial charge on any atom is -0.508 e. The summed E-state index contributed by atoms with van der Waals surface area (Å²) in [7, 11) is 0. The minimum absolute atomic E-state index is 0.00460. The highest BCUT2D eigenvalue weighted by molar-refractivity contribution is 6.12. The number of benzene rings is 2. The Balaban J connectivity index is 1.68. The third-order valence-corrected chi connectivity index (χ3v) is 4.86. The van der Waals surface area contributed by atoms with Crippen molar-refractivity contribution in [1.29, 1.82) is 0 Å². The van der Waals surface area contributed by atoms with Crippen LogP contribution in [-0.2, 0) is 0 Å². The summed E-state index contributed by atoms with van der Waals surface area (Å²) in [5.41, 5.74) is 6.23. The van der Waals surface area contributed by atoms with Crippen LogP contribution < -0.4 is 5.43 Å². The average Bonchev–Trinajstić information content (AvgIpc) is 3.05. The van der Waals surface area contributed by atoms with Gasteiger partial charge in [0.25, 0.3) is 5.91 Å². The van der Waals surface area contributed by atoms with E-state index in [2.05, 4.69) is 10.5 Å². The lowest BCUT2D eigenvalue weighted by atomic mass is 10.0. The molecule has 4 aromatic rings. The van der Waals surface area contributed by atoms with Crippen molar-refractivity contribution < 1.29 is 14.7 Å². The molecule has 0 fully saturated rings. The Hall–Kier alpha value is -4.19. The number of phenolic OH excluding ortho intramolecular Hbond substituents is 1. The molecule has 0 aliphatic rings. The summed E-state index contributed by atoms with van der Waals surface area (Å²) < 4.78 is 1.84. The van der Waals surface area contributed by atoms with Crippen molar-refractivity contribution in [3.8, 4) is 5.75 Å². The molecule has 0 saturated carbocycles. The molecular weight excluding hydrogens is 378 g/mol. The smallest absolute Gasteiger partial charge is 0.271 e. The predicted octanol–water partition coefficient (Wildman–Crippen LogP) is 3.95. The number of aromatic hydroxyl groups is 1. The van der Waals surface area contributed by atoms with Gasteiger partial charge in [-0.05, 0) is 42.8 Å². The number of carbonyl (C=O) groups excluding carboxylic acids is 2. The van der Waals surface area contributed by atoms with Gasteiger partial charge < -0.3 is 9.51 Å². The summed E-state index contributed by atoms with van der Waals surface area (Å²) >= 11 is 0. The van der Waals surface area contributed by atoms with Gasteiger partial charge in [-0.3, -0.25) is 9.59 Å². The van der Waals surface area contributed by atoms with Crippen molar-refractivity contribution in [1.82, 2.24) is 9.83 Å². The first-order valence-corrected chi connectivity index (χ1v) is 9.38. The number of aromatic nitrogens is 1. The molecule has 2 aromatic heterocycles. The molecule has 4 rings (SSSR count). The van der Waals surface area contributed by atoms with Crippen LogP contribution in [0, 0.1) is 6.92 Å². The molecule has 2 heterocycles. The number of rotatable bonds is 5. The van der Waals surface area contributed by atoms with Crippen molar-refractivity contribution in [2.24, 2.45) is 5.10 Å². The van der Waals surface area contributed by atoms with Gasteiger partial charge in [-0.15, -0.1) is 0 Å². The SMILES string of the molecule is Cc1c(/C=N\NC(=O)c2cccc(O)c2)c2ccccn2c1C(=O)c1ccccc1. The summed E-state index contributed by atoms with van der Waals surface area (Å²) in [6.07, 6.45) is 3.37. The zero-order chi connectivity index (χ0) is 21.1. The van der Waals surface area contributed by atoms with Crippen LogP contribution in [0.5, 0.6) is 5.75 Å². The van der Waals surface area contributed by atoms with Crippen molar-refractivity contribution in [2.45, 2.75) is 6.92 Å². The van der Waals surface area contributed by atoms with Gasteiger partial charge in [0.15, 0.2) is 0 Å². The maximum atomic E-state index is 13.1. The monoisotopic (exact) mass is 397 g/mol. The van der Waals surface area contributed by atoms with E-state index in [9.17, 15) is 14.7 Å². The molecule has 2 aromatic carbocycles. The van der Waals surface area contributed by atoms with E-state index >= 15 is 0 Å². The Morgan fingerprint density at radius 1 is 0.967 bits per heavy atom. The normalized spacial score (nSPS) is 11.1. The lowest BCUT2D eigenvalue weighted by Gasteiger charge is -2.03. The van der Waals surface area contributed by atoms with E-state index in [1.165, 1.54) is 18.3 Å². The number of pyridine rings is 1. The lowest BCUT2D eigenvalue weighted by molar-refractivity contribution is 0.0954. The van der Waals surface area contributed by atoms with Crippen LogP contribution in [0.15, 0.2) is 84.1 Å². The number of nitrogens with one attached hydrogen (secondary N) is 1. The van der Waals surface area contributed by atoms with Crippen molar-refractivity contribution >= 4 is 23.4 Å². The maximum absolute atomic E-state index is 13.1. The van der Waals surface area contributed by atoms with E-state index in [1.54, 1.807) is 24.3 Å². The summed E-state index contributed by atoms with van der Waals surface area (Å²) in [6.45, 7) is 1.86. The lowest BCUT2D eigenvalue weighted by Crippen LogP contribution is -2.17. The fourth-order valence-electron chi connectivity index (χ4n) is 3.39. The Bertz CT molecular complexity index is 1270. The van der Waals surface area contributed by atoms with Crippen LogP contribution >= 0.6 is 0 Å². The molecule has 6 nitrogen and oxygen atoms in total. The molecule has 1 amide bonds. The number of carbonyl (C=O) groups is 2. The largest absolute Gasteiger partial charge is 0.508 e. The predicted molar refractivity (Wildman–Crippen MR) is 115 cm³/mol. The Kier molecular flexibility index (Phi) is 5.13. The summed E-state index contributed by atoms with van der Waals surface area (Å²) in [6, 6.07) is 20.8. The number of hydrogen-bond acceptors (Lipinski definition) is 4. The van der Waals surface area contributed by atoms with Gasteiger partial charge in [-0.1, -0.05) is 42.5 Å². The van der Waals surface area contributed by atoms with E-state index < -0.39 is 5.91 Å². The molecule has 0 spiro atoms. The molecule has 148 valence electrons. The molecule has 0 aliphatic heterocycles. The van der Waals surface area contributed by atoms with E-state index in [0.29, 0.717) is 16.8 Å². The molecular formula is C24H19N3O3. The topological polar surface area (TPSA) is 83.2 Å². The fourth-order valence-corrected chi connectivity index (χ4v) is 3.39.